The topological polar surface area (TPSA) is 82.4 Å². The Kier molecular flexibility index (Phi) is 8.69. The largest absolute Gasteiger partial charge is 0.496 e. The van der Waals surface area contributed by atoms with E-state index in [-0.39, 0.29) is 18.1 Å². The fourth-order valence-corrected chi connectivity index (χ4v) is 6.50. The molecule has 8 nitrogen and oxygen atoms in total. The van der Waals surface area contributed by atoms with Crippen LogP contribution in [0.15, 0.2) is 75.7 Å². The Balaban J connectivity index is 1.78. The number of methoxy groups -OCH3 is 2. The third-order valence-electron chi connectivity index (χ3n) is 7.52. The van der Waals surface area contributed by atoms with Gasteiger partial charge in [0.1, 0.15) is 18.4 Å². The number of terminal acetylenes is 1. The van der Waals surface area contributed by atoms with E-state index in [4.69, 9.17) is 25.6 Å². The molecule has 0 N–H and O–H groups in total. The lowest BCUT2D eigenvalue weighted by Gasteiger charge is -2.30. The van der Waals surface area contributed by atoms with Crippen LogP contribution in [0.4, 0.5) is 0 Å². The minimum absolute atomic E-state index is 0.111. The van der Waals surface area contributed by atoms with Gasteiger partial charge in [-0.05, 0) is 61.4 Å². The van der Waals surface area contributed by atoms with Crippen molar-refractivity contribution in [3.8, 4) is 29.6 Å². The van der Waals surface area contributed by atoms with Gasteiger partial charge in [0.2, 0.25) is 0 Å². The third kappa shape index (κ3) is 5.42. The molecule has 3 aromatic carbocycles. The standard InChI is InChI=1S/C34H33N3O5S/c1-7-18-42-25-16-14-22(19-27(25)41-6)20-28-32(38)37-31(30-24-13-11-10-12-23(24)15-17-26(30)40-5)29(21(4)35-34(37)43-28)33(39)36(8-2)9-3/h1,10-17,19-20,31H,8-9,18H2,2-6H3/b28-20+/t31-/m0/s1. The van der Waals surface area contributed by atoms with E-state index in [2.05, 4.69) is 5.92 Å². The number of rotatable bonds is 9. The van der Waals surface area contributed by atoms with Crippen LogP contribution < -0.4 is 29.1 Å². The smallest absolute Gasteiger partial charge is 0.271 e. The quantitative estimate of drug-likeness (QED) is 0.270. The SMILES string of the molecule is C#CCOc1ccc(/C=c2/sc3n(c2=O)[C@H](c2c(OC)ccc4ccccc24)C(C(=O)N(CC)CC)=C(C)N=3)cc1OC. The maximum Gasteiger partial charge on any atom is 0.271 e. The monoisotopic (exact) mass is 595 g/mol. The number of hydrogen-bond donors (Lipinski definition) is 0. The number of allylic oxidation sites excluding steroid dienone is 1. The Hall–Kier alpha value is -4.81. The van der Waals surface area contributed by atoms with Crippen LogP contribution in [-0.2, 0) is 4.79 Å². The molecular weight excluding hydrogens is 562 g/mol. The summed E-state index contributed by atoms with van der Waals surface area (Å²) in [4.78, 5) is 35.5. The van der Waals surface area contributed by atoms with Gasteiger partial charge >= 0.3 is 0 Å². The molecule has 0 saturated heterocycles. The van der Waals surface area contributed by atoms with Crippen LogP contribution in [0.1, 0.15) is 37.9 Å². The van der Waals surface area contributed by atoms with E-state index >= 15 is 0 Å². The highest BCUT2D eigenvalue weighted by Crippen LogP contribution is 2.40. The number of carbonyl (C=O) groups is 1. The van der Waals surface area contributed by atoms with E-state index in [1.807, 2.05) is 63.2 Å². The molecule has 0 bridgehead atoms. The second kappa shape index (κ2) is 12.6. The average molecular weight is 596 g/mol. The number of thiazole rings is 1. The van der Waals surface area contributed by atoms with Crippen molar-refractivity contribution in [2.75, 3.05) is 33.9 Å². The maximum absolute atomic E-state index is 14.3. The van der Waals surface area contributed by atoms with Gasteiger partial charge in [0, 0.05) is 18.7 Å². The highest BCUT2D eigenvalue weighted by molar-refractivity contribution is 7.07. The van der Waals surface area contributed by atoms with Crippen LogP contribution in [0.3, 0.4) is 0 Å². The van der Waals surface area contributed by atoms with Crippen molar-refractivity contribution in [3.63, 3.8) is 0 Å². The van der Waals surface area contributed by atoms with Gasteiger partial charge in [0.05, 0.1) is 30.0 Å². The fraction of sp³-hybridized carbons (Fsp3) is 0.265. The second-order valence-electron chi connectivity index (χ2n) is 9.86. The number of aromatic nitrogens is 1. The Bertz CT molecular complexity index is 1960. The molecule has 0 radical (unpaired) electrons. The first-order valence-corrected chi connectivity index (χ1v) is 14.8. The summed E-state index contributed by atoms with van der Waals surface area (Å²) in [5, 5.41) is 1.87. The Labute approximate surface area is 254 Å². The molecule has 0 spiro atoms. The summed E-state index contributed by atoms with van der Waals surface area (Å²) in [6.45, 7) is 6.88. The van der Waals surface area contributed by atoms with E-state index in [1.165, 1.54) is 11.3 Å². The molecule has 1 atom stereocenters. The minimum Gasteiger partial charge on any atom is -0.496 e. The highest BCUT2D eigenvalue weighted by Gasteiger charge is 2.36. The molecule has 4 aromatic rings. The second-order valence-corrected chi connectivity index (χ2v) is 10.9. The summed E-state index contributed by atoms with van der Waals surface area (Å²) in [5.74, 6) is 3.88. The Morgan fingerprint density at radius 1 is 1.07 bits per heavy atom. The summed E-state index contributed by atoms with van der Waals surface area (Å²) in [6.07, 6.45) is 7.13. The van der Waals surface area contributed by atoms with Gasteiger partial charge in [-0.1, -0.05) is 53.7 Å². The molecule has 1 aliphatic heterocycles. The van der Waals surface area contributed by atoms with Crippen molar-refractivity contribution in [2.45, 2.75) is 26.8 Å². The Morgan fingerprint density at radius 2 is 1.79 bits per heavy atom. The molecule has 5 rings (SSSR count). The molecule has 1 aromatic heterocycles. The molecule has 220 valence electrons. The van der Waals surface area contributed by atoms with E-state index in [9.17, 15) is 9.59 Å². The predicted molar refractivity (Wildman–Crippen MR) is 170 cm³/mol. The number of fused-ring (bicyclic) bond motifs is 2. The van der Waals surface area contributed by atoms with Crippen LogP contribution in [0.2, 0.25) is 0 Å². The summed E-state index contributed by atoms with van der Waals surface area (Å²) in [6, 6.07) is 16.4. The predicted octanol–water partition coefficient (Wildman–Crippen LogP) is 4.29. The zero-order chi connectivity index (χ0) is 30.7. The van der Waals surface area contributed by atoms with Crippen molar-refractivity contribution in [1.82, 2.24) is 9.47 Å². The highest BCUT2D eigenvalue weighted by atomic mass is 32.1. The molecule has 43 heavy (non-hydrogen) atoms. The minimum atomic E-state index is -0.748. The first-order valence-electron chi connectivity index (χ1n) is 14.0. The van der Waals surface area contributed by atoms with Gasteiger partial charge < -0.3 is 19.1 Å². The van der Waals surface area contributed by atoms with E-state index < -0.39 is 6.04 Å². The normalized spacial score (nSPS) is 14.6. The number of ether oxygens (including phenoxy) is 3. The molecule has 0 saturated carbocycles. The van der Waals surface area contributed by atoms with E-state index in [0.717, 1.165) is 21.9 Å². The van der Waals surface area contributed by atoms with Crippen LogP contribution in [0.5, 0.6) is 17.2 Å². The van der Waals surface area contributed by atoms with Gasteiger partial charge in [-0.25, -0.2) is 4.99 Å². The molecule has 0 unspecified atom stereocenters. The lowest BCUT2D eigenvalue weighted by Crippen LogP contribution is -2.43. The zero-order valence-electron chi connectivity index (χ0n) is 24.8. The lowest BCUT2D eigenvalue weighted by molar-refractivity contribution is -0.127. The van der Waals surface area contributed by atoms with E-state index in [0.29, 0.717) is 50.9 Å². The molecule has 2 heterocycles. The average Bonchev–Trinajstić information content (AvgIpc) is 3.33. The number of hydrogen-bond acceptors (Lipinski definition) is 7. The molecule has 0 fully saturated rings. The van der Waals surface area contributed by atoms with Gasteiger partial charge in [-0.15, -0.1) is 6.42 Å². The first-order chi connectivity index (χ1) is 20.9. The maximum atomic E-state index is 14.3. The molecular formula is C34H33N3O5S. The number of benzene rings is 3. The third-order valence-corrected chi connectivity index (χ3v) is 8.51. The van der Waals surface area contributed by atoms with Crippen LogP contribution in [-0.4, -0.2) is 49.3 Å². The van der Waals surface area contributed by atoms with Crippen molar-refractivity contribution >= 4 is 34.1 Å². The van der Waals surface area contributed by atoms with Gasteiger partial charge in [0.25, 0.3) is 11.5 Å². The first kappa shape index (κ1) is 29.7. The summed E-state index contributed by atoms with van der Waals surface area (Å²) < 4.78 is 19.0. The summed E-state index contributed by atoms with van der Waals surface area (Å²) in [7, 11) is 3.15. The molecule has 1 aliphatic rings. The van der Waals surface area contributed by atoms with Gasteiger partial charge in [0.15, 0.2) is 16.3 Å². The fourth-order valence-electron chi connectivity index (χ4n) is 5.45. The van der Waals surface area contributed by atoms with Gasteiger partial charge in [-0.2, -0.15) is 0 Å². The van der Waals surface area contributed by atoms with Crippen molar-refractivity contribution in [3.05, 3.63) is 96.7 Å². The molecule has 9 heteroatoms. The number of carbonyl (C=O) groups excluding carboxylic acids is 1. The number of nitrogens with zero attached hydrogens (tertiary/aromatic N) is 3. The lowest BCUT2D eigenvalue weighted by atomic mass is 9.90. The van der Waals surface area contributed by atoms with E-state index in [1.54, 1.807) is 41.9 Å². The zero-order valence-corrected chi connectivity index (χ0v) is 25.7. The van der Waals surface area contributed by atoms with Crippen molar-refractivity contribution in [1.29, 1.82) is 0 Å². The summed E-state index contributed by atoms with van der Waals surface area (Å²) >= 11 is 1.27. The van der Waals surface area contributed by atoms with Crippen molar-refractivity contribution in [2.24, 2.45) is 4.99 Å². The van der Waals surface area contributed by atoms with Crippen molar-refractivity contribution < 1.29 is 19.0 Å². The Morgan fingerprint density at radius 3 is 2.49 bits per heavy atom. The summed E-state index contributed by atoms with van der Waals surface area (Å²) in [5.41, 5.74) is 2.25. The van der Waals surface area contributed by atoms with Crippen LogP contribution >= 0.6 is 11.3 Å². The van der Waals surface area contributed by atoms with Crippen LogP contribution in [0.25, 0.3) is 16.8 Å². The van der Waals surface area contributed by atoms with Gasteiger partial charge in [-0.3, -0.25) is 14.2 Å². The molecule has 0 aliphatic carbocycles. The number of amides is 1. The molecule has 1 amide bonds. The number of likely N-dealkylation sites (N-methyl/N-ethyl adjacent to an activating group) is 1. The van der Waals surface area contributed by atoms with Crippen LogP contribution in [0, 0.1) is 12.3 Å².